The number of piperidine rings is 2. The molecule has 0 saturated carbocycles. The molecule has 2 saturated heterocycles. The summed E-state index contributed by atoms with van der Waals surface area (Å²) in [6.07, 6.45) is 4.88. The first kappa shape index (κ1) is 17.6. The Kier molecular flexibility index (Phi) is 5.05. The fraction of sp³-hybridized carbons (Fsp3) is 0.455. The first-order valence-electron chi connectivity index (χ1n) is 9.61. The SMILES string of the molecule is Fc1ccc(C(c2ccc(F)cc2)N2CCCC3(CCNCC3)C2)cc1. The minimum atomic E-state index is -0.222. The van der Waals surface area contributed by atoms with E-state index in [4.69, 9.17) is 0 Å². The summed E-state index contributed by atoms with van der Waals surface area (Å²) in [6.45, 7) is 4.25. The van der Waals surface area contributed by atoms with Crippen LogP contribution in [-0.4, -0.2) is 31.1 Å². The molecule has 0 aliphatic carbocycles. The van der Waals surface area contributed by atoms with Gasteiger partial charge < -0.3 is 5.32 Å². The molecule has 2 aromatic rings. The van der Waals surface area contributed by atoms with Gasteiger partial charge in [-0.25, -0.2) is 8.78 Å². The van der Waals surface area contributed by atoms with Crippen LogP contribution in [-0.2, 0) is 0 Å². The third kappa shape index (κ3) is 3.67. The molecule has 0 unspecified atom stereocenters. The van der Waals surface area contributed by atoms with E-state index in [1.54, 1.807) is 0 Å². The number of benzene rings is 2. The number of likely N-dealkylation sites (tertiary alicyclic amines) is 1. The fourth-order valence-electron chi connectivity index (χ4n) is 4.74. The van der Waals surface area contributed by atoms with Gasteiger partial charge in [-0.15, -0.1) is 0 Å². The van der Waals surface area contributed by atoms with Crippen molar-refractivity contribution >= 4 is 0 Å². The van der Waals surface area contributed by atoms with E-state index >= 15 is 0 Å². The van der Waals surface area contributed by atoms with Crippen LogP contribution < -0.4 is 5.32 Å². The van der Waals surface area contributed by atoms with E-state index in [1.807, 2.05) is 24.3 Å². The van der Waals surface area contributed by atoms with E-state index < -0.39 is 0 Å². The summed E-state index contributed by atoms with van der Waals surface area (Å²) in [5.74, 6) is -0.444. The van der Waals surface area contributed by atoms with Crippen LogP contribution in [0.5, 0.6) is 0 Å². The largest absolute Gasteiger partial charge is 0.317 e. The predicted molar refractivity (Wildman–Crippen MR) is 100.0 cm³/mol. The van der Waals surface area contributed by atoms with E-state index in [0.29, 0.717) is 5.41 Å². The van der Waals surface area contributed by atoms with Crippen molar-refractivity contribution in [3.8, 4) is 0 Å². The smallest absolute Gasteiger partial charge is 0.123 e. The molecule has 1 N–H and O–H groups in total. The number of rotatable bonds is 3. The zero-order valence-corrected chi connectivity index (χ0v) is 15.1. The lowest BCUT2D eigenvalue weighted by Crippen LogP contribution is -2.49. The lowest BCUT2D eigenvalue weighted by Gasteiger charge is -2.48. The van der Waals surface area contributed by atoms with E-state index in [1.165, 1.54) is 49.9 Å². The lowest BCUT2D eigenvalue weighted by atomic mass is 9.72. The van der Waals surface area contributed by atoms with Crippen molar-refractivity contribution in [1.29, 1.82) is 0 Å². The summed E-state index contributed by atoms with van der Waals surface area (Å²) < 4.78 is 26.9. The Bertz CT molecular complexity index is 670. The highest BCUT2D eigenvalue weighted by Gasteiger charge is 2.39. The molecule has 2 heterocycles. The number of nitrogens with one attached hydrogen (secondary N) is 1. The molecule has 2 aromatic carbocycles. The van der Waals surface area contributed by atoms with Crippen molar-refractivity contribution < 1.29 is 8.78 Å². The summed E-state index contributed by atoms with van der Waals surface area (Å²) in [4.78, 5) is 2.52. The molecule has 2 aliphatic rings. The molecule has 2 fully saturated rings. The summed E-state index contributed by atoms with van der Waals surface area (Å²) in [6, 6.07) is 13.6. The van der Waals surface area contributed by atoms with Crippen LogP contribution in [0.3, 0.4) is 0 Å². The Labute approximate surface area is 154 Å². The van der Waals surface area contributed by atoms with Gasteiger partial charge >= 0.3 is 0 Å². The first-order chi connectivity index (χ1) is 12.7. The van der Waals surface area contributed by atoms with E-state index in [9.17, 15) is 8.78 Å². The molecular formula is C22H26F2N2. The van der Waals surface area contributed by atoms with Gasteiger partial charge in [-0.2, -0.15) is 0 Å². The Morgan fingerprint density at radius 2 is 1.35 bits per heavy atom. The third-order valence-corrected chi connectivity index (χ3v) is 6.09. The van der Waals surface area contributed by atoms with Gasteiger partial charge in [0.25, 0.3) is 0 Å². The molecule has 0 amide bonds. The second-order valence-corrected chi connectivity index (χ2v) is 7.83. The van der Waals surface area contributed by atoms with Crippen LogP contribution >= 0.6 is 0 Å². The Balaban J connectivity index is 1.67. The normalized spacial score (nSPS) is 20.6. The topological polar surface area (TPSA) is 15.3 Å². The number of hydrogen-bond donors (Lipinski definition) is 1. The second-order valence-electron chi connectivity index (χ2n) is 7.83. The molecule has 0 aromatic heterocycles. The number of hydrogen-bond acceptors (Lipinski definition) is 2. The van der Waals surface area contributed by atoms with E-state index in [2.05, 4.69) is 10.2 Å². The summed E-state index contributed by atoms with van der Waals surface area (Å²) in [5.41, 5.74) is 2.52. The van der Waals surface area contributed by atoms with Gasteiger partial charge in [0.05, 0.1) is 6.04 Å². The van der Waals surface area contributed by atoms with Crippen LogP contribution in [0.15, 0.2) is 48.5 Å². The molecule has 4 rings (SSSR count). The molecule has 2 aliphatic heterocycles. The van der Waals surface area contributed by atoms with Crippen molar-refractivity contribution in [2.45, 2.75) is 31.7 Å². The Morgan fingerprint density at radius 3 is 1.88 bits per heavy atom. The van der Waals surface area contributed by atoms with Gasteiger partial charge in [0.1, 0.15) is 11.6 Å². The third-order valence-electron chi connectivity index (χ3n) is 6.09. The zero-order chi connectivity index (χ0) is 18.0. The van der Waals surface area contributed by atoms with Crippen LogP contribution in [0.2, 0.25) is 0 Å². The van der Waals surface area contributed by atoms with Gasteiger partial charge in [-0.05, 0) is 86.1 Å². The molecule has 2 nitrogen and oxygen atoms in total. The fourth-order valence-corrected chi connectivity index (χ4v) is 4.74. The van der Waals surface area contributed by atoms with Crippen LogP contribution in [0.4, 0.5) is 8.78 Å². The van der Waals surface area contributed by atoms with Crippen LogP contribution in [0, 0.1) is 17.0 Å². The molecule has 0 bridgehead atoms. The molecule has 26 heavy (non-hydrogen) atoms. The maximum atomic E-state index is 13.5. The molecule has 4 heteroatoms. The number of halogens is 2. The Morgan fingerprint density at radius 1 is 0.808 bits per heavy atom. The predicted octanol–water partition coefficient (Wildman–Crippen LogP) is 4.52. The molecule has 0 atom stereocenters. The van der Waals surface area contributed by atoms with Gasteiger partial charge in [-0.1, -0.05) is 24.3 Å². The molecule has 0 radical (unpaired) electrons. The van der Waals surface area contributed by atoms with E-state index in [0.717, 1.165) is 37.3 Å². The standard InChI is InChI=1S/C22H26F2N2/c23-19-6-2-17(3-7-19)21(18-4-8-20(24)9-5-18)26-15-1-10-22(16-26)11-13-25-14-12-22/h2-9,21,25H,1,10-16H2. The molecule has 138 valence electrons. The van der Waals surface area contributed by atoms with Crippen molar-refractivity contribution in [2.75, 3.05) is 26.2 Å². The van der Waals surface area contributed by atoms with Gasteiger partial charge in [0.2, 0.25) is 0 Å². The average Bonchev–Trinajstić information content (AvgIpc) is 2.66. The van der Waals surface area contributed by atoms with Crippen LogP contribution in [0.1, 0.15) is 42.9 Å². The maximum Gasteiger partial charge on any atom is 0.123 e. The molecular weight excluding hydrogens is 330 g/mol. The summed E-state index contributed by atoms with van der Waals surface area (Å²) >= 11 is 0. The van der Waals surface area contributed by atoms with Crippen molar-refractivity contribution in [3.63, 3.8) is 0 Å². The highest BCUT2D eigenvalue weighted by molar-refractivity contribution is 5.32. The van der Waals surface area contributed by atoms with Crippen molar-refractivity contribution in [2.24, 2.45) is 5.41 Å². The lowest BCUT2D eigenvalue weighted by molar-refractivity contribution is 0.0422. The Hall–Kier alpha value is -1.78. The summed E-state index contributed by atoms with van der Waals surface area (Å²) in [7, 11) is 0. The highest BCUT2D eigenvalue weighted by atomic mass is 19.1. The summed E-state index contributed by atoms with van der Waals surface area (Å²) in [5, 5.41) is 3.47. The highest BCUT2D eigenvalue weighted by Crippen LogP contribution is 2.42. The molecule has 1 spiro atoms. The average molecular weight is 356 g/mol. The van der Waals surface area contributed by atoms with Crippen LogP contribution in [0.25, 0.3) is 0 Å². The minimum absolute atomic E-state index is 0.0447. The monoisotopic (exact) mass is 356 g/mol. The quantitative estimate of drug-likeness (QED) is 0.870. The number of nitrogens with zero attached hydrogens (tertiary/aromatic N) is 1. The minimum Gasteiger partial charge on any atom is -0.317 e. The second kappa shape index (κ2) is 7.45. The van der Waals surface area contributed by atoms with Gasteiger partial charge in [-0.3, -0.25) is 4.90 Å². The first-order valence-corrected chi connectivity index (χ1v) is 9.61. The van der Waals surface area contributed by atoms with Gasteiger partial charge in [0.15, 0.2) is 0 Å². The zero-order valence-electron chi connectivity index (χ0n) is 15.1. The van der Waals surface area contributed by atoms with Crippen molar-refractivity contribution in [3.05, 3.63) is 71.3 Å². The van der Waals surface area contributed by atoms with E-state index in [-0.39, 0.29) is 17.7 Å². The van der Waals surface area contributed by atoms with Gasteiger partial charge in [0, 0.05) is 6.54 Å². The maximum absolute atomic E-state index is 13.5. The van der Waals surface area contributed by atoms with Crippen molar-refractivity contribution in [1.82, 2.24) is 10.2 Å².